The van der Waals surface area contributed by atoms with Gasteiger partial charge in [-0.2, -0.15) is 10.1 Å². The van der Waals surface area contributed by atoms with Gasteiger partial charge in [-0.05, 0) is 68.1 Å². The highest BCUT2D eigenvalue weighted by molar-refractivity contribution is 5.59. The van der Waals surface area contributed by atoms with Crippen LogP contribution in [0.25, 0.3) is 23.0 Å². The average molecular weight is 484 g/mol. The van der Waals surface area contributed by atoms with Crippen molar-refractivity contribution in [2.45, 2.75) is 39.1 Å². The molecule has 4 heterocycles. The summed E-state index contributed by atoms with van der Waals surface area (Å²) in [6.45, 7) is 4.57. The predicted octanol–water partition coefficient (Wildman–Crippen LogP) is 5.24. The fraction of sp³-hybridized carbons (Fsp3) is 0.333. The third-order valence-corrected chi connectivity index (χ3v) is 5.79. The molecule has 5 rings (SSSR count). The van der Waals surface area contributed by atoms with E-state index < -0.39 is 6.36 Å². The van der Waals surface area contributed by atoms with Crippen LogP contribution in [0.3, 0.4) is 0 Å². The number of halogens is 3. The first-order valence-corrected chi connectivity index (χ1v) is 11.3. The van der Waals surface area contributed by atoms with E-state index in [4.69, 9.17) is 4.52 Å². The number of hydrogen-bond acceptors (Lipinski definition) is 7. The SMILES string of the molecule is Cc1cc(-c2nc(-c3ccc(OC(F)(F)F)cc3)no2)nn1Cc1ccc(N2CCCCC2)nc1. The normalized spacial score (nSPS) is 14.3. The Kier molecular flexibility index (Phi) is 6.14. The molecule has 1 aliphatic rings. The van der Waals surface area contributed by atoms with Crippen molar-refractivity contribution in [2.24, 2.45) is 0 Å². The van der Waals surface area contributed by atoms with Crippen molar-refractivity contribution in [3.05, 3.63) is 59.9 Å². The second-order valence-corrected chi connectivity index (χ2v) is 8.40. The van der Waals surface area contributed by atoms with Crippen molar-refractivity contribution in [3.8, 4) is 28.7 Å². The number of nitrogens with zero attached hydrogens (tertiary/aromatic N) is 6. The fourth-order valence-electron chi connectivity index (χ4n) is 4.02. The third kappa shape index (κ3) is 5.44. The molecule has 0 unspecified atom stereocenters. The molecule has 1 aromatic carbocycles. The Morgan fingerprint density at radius 1 is 1.03 bits per heavy atom. The summed E-state index contributed by atoms with van der Waals surface area (Å²) in [6.07, 6.45) is 0.812. The van der Waals surface area contributed by atoms with Crippen molar-refractivity contribution in [3.63, 3.8) is 0 Å². The zero-order valence-corrected chi connectivity index (χ0v) is 19.0. The maximum atomic E-state index is 12.3. The minimum atomic E-state index is -4.75. The van der Waals surface area contributed by atoms with Crippen LogP contribution in [0.2, 0.25) is 0 Å². The van der Waals surface area contributed by atoms with Crippen LogP contribution < -0.4 is 9.64 Å². The number of piperidine rings is 1. The number of alkyl halides is 3. The molecule has 3 aromatic heterocycles. The van der Waals surface area contributed by atoms with E-state index in [1.165, 1.54) is 43.5 Å². The topological polar surface area (TPSA) is 82.1 Å². The van der Waals surface area contributed by atoms with Gasteiger partial charge in [0.1, 0.15) is 11.6 Å². The van der Waals surface area contributed by atoms with Gasteiger partial charge in [-0.1, -0.05) is 11.2 Å². The summed E-state index contributed by atoms with van der Waals surface area (Å²) in [4.78, 5) is 11.3. The van der Waals surface area contributed by atoms with Crippen molar-refractivity contribution in [1.82, 2.24) is 24.9 Å². The molecule has 0 amide bonds. The lowest BCUT2D eigenvalue weighted by Gasteiger charge is -2.27. The van der Waals surface area contributed by atoms with Gasteiger partial charge in [-0.3, -0.25) is 4.68 Å². The number of aryl methyl sites for hydroxylation is 1. The van der Waals surface area contributed by atoms with Gasteiger partial charge in [0, 0.05) is 30.5 Å². The maximum Gasteiger partial charge on any atom is 0.573 e. The second-order valence-electron chi connectivity index (χ2n) is 8.40. The van der Waals surface area contributed by atoms with Gasteiger partial charge < -0.3 is 14.2 Å². The monoisotopic (exact) mass is 484 g/mol. The molecular weight excluding hydrogens is 461 g/mol. The predicted molar refractivity (Wildman–Crippen MR) is 122 cm³/mol. The van der Waals surface area contributed by atoms with Crippen LogP contribution in [0.15, 0.2) is 53.2 Å². The van der Waals surface area contributed by atoms with Crippen molar-refractivity contribution in [2.75, 3.05) is 18.0 Å². The zero-order valence-electron chi connectivity index (χ0n) is 19.0. The third-order valence-electron chi connectivity index (χ3n) is 5.79. The first-order chi connectivity index (χ1) is 16.8. The fourth-order valence-corrected chi connectivity index (χ4v) is 4.02. The van der Waals surface area contributed by atoms with Crippen LogP contribution in [0.5, 0.6) is 5.75 Å². The Bertz CT molecular complexity index is 1280. The summed E-state index contributed by atoms with van der Waals surface area (Å²) in [7, 11) is 0. The summed E-state index contributed by atoms with van der Waals surface area (Å²) < 4.78 is 48.1. The molecular formula is C24H23F3N6O2. The molecule has 0 saturated carbocycles. The molecule has 182 valence electrons. The lowest BCUT2D eigenvalue weighted by atomic mass is 10.1. The summed E-state index contributed by atoms with van der Waals surface area (Å²) in [6, 6.07) is 11.2. The molecule has 1 fully saturated rings. The number of aromatic nitrogens is 5. The first-order valence-electron chi connectivity index (χ1n) is 11.3. The van der Waals surface area contributed by atoms with Crippen LogP contribution in [0.4, 0.5) is 19.0 Å². The Hall–Kier alpha value is -3.89. The molecule has 0 bridgehead atoms. The molecule has 11 heteroatoms. The summed E-state index contributed by atoms with van der Waals surface area (Å²) in [5.41, 5.74) is 2.94. The first kappa shape index (κ1) is 22.9. The van der Waals surface area contributed by atoms with E-state index >= 15 is 0 Å². The summed E-state index contributed by atoms with van der Waals surface area (Å²) in [5.74, 6) is 1.14. The number of benzene rings is 1. The quantitative estimate of drug-likeness (QED) is 0.370. The maximum absolute atomic E-state index is 12.3. The lowest BCUT2D eigenvalue weighted by Crippen LogP contribution is -2.30. The number of anilines is 1. The van der Waals surface area contributed by atoms with E-state index in [0.717, 1.165) is 30.2 Å². The molecule has 8 nitrogen and oxygen atoms in total. The molecule has 0 aliphatic carbocycles. The van der Waals surface area contributed by atoms with Gasteiger partial charge in [0.05, 0.1) is 6.54 Å². The highest BCUT2D eigenvalue weighted by Crippen LogP contribution is 2.27. The van der Waals surface area contributed by atoms with Gasteiger partial charge in [0.2, 0.25) is 5.82 Å². The minimum absolute atomic E-state index is 0.219. The van der Waals surface area contributed by atoms with Crippen molar-refractivity contribution < 1.29 is 22.4 Å². The van der Waals surface area contributed by atoms with Crippen LogP contribution in [-0.2, 0) is 6.54 Å². The summed E-state index contributed by atoms with van der Waals surface area (Å²) in [5, 5.41) is 8.52. The molecule has 0 radical (unpaired) electrons. The lowest BCUT2D eigenvalue weighted by molar-refractivity contribution is -0.274. The van der Waals surface area contributed by atoms with E-state index in [1.807, 2.05) is 23.9 Å². The smallest absolute Gasteiger partial charge is 0.406 e. The van der Waals surface area contributed by atoms with E-state index in [2.05, 4.69) is 42.0 Å². The largest absolute Gasteiger partial charge is 0.573 e. The minimum Gasteiger partial charge on any atom is -0.406 e. The highest BCUT2D eigenvalue weighted by Gasteiger charge is 2.31. The Morgan fingerprint density at radius 3 is 2.49 bits per heavy atom. The molecule has 4 aromatic rings. The Labute approximate surface area is 199 Å². The zero-order chi connectivity index (χ0) is 24.4. The van der Waals surface area contributed by atoms with Crippen LogP contribution in [0.1, 0.15) is 30.5 Å². The van der Waals surface area contributed by atoms with Crippen LogP contribution in [-0.4, -0.2) is 44.4 Å². The molecule has 0 N–H and O–H groups in total. The second kappa shape index (κ2) is 9.40. The highest BCUT2D eigenvalue weighted by atomic mass is 19.4. The number of hydrogen-bond donors (Lipinski definition) is 0. The average Bonchev–Trinajstić information content (AvgIpc) is 3.47. The number of pyridine rings is 1. The number of rotatable bonds is 6. The van der Waals surface area contributed by atoms with E-state index in [1.54, 1.807) is 0 Å². The van der Waals surface area contributed by atoms with Gasteiger partial charge in [0.25, 0.3) is 5.89 Å². The van der Waals surface area contributed by atoms with E-state index in [9.17, 15) is 13.2 Å². The standard InChI is InChI=1S/C24H23F3N6O2/c1-16-13-20(23-29-22(31-35-23)18-6-8-19(9-7-18)34-24(25,26)27)30-33(16)15-17-5-10-21(28-14-17)32-11-3-2-4-12-32/h5-10,13-14H,2-4,11-12,15H2,1H3. The Balaban J connectivity index is 1.27. The van der Waals surface area contributed by atoms with Gasteiger partial charge in [0.15, 0.2) is 5.69 Å². The molecule has 1 aliphatic heterocycles. The summed E-state index contributed by atoms with van der Waals surface area (Å²) >= 11 is 0. The van der Waals surface area contributed by atoms with Gasteiger partial charge >= 0.3 is 6.36 Å². The van der Waals surface area contributed by atoms with Gasteiger partial charge in [-0.25, -0.2) is 4.98 Å². The molecule has 1 saturated heterocycles. The van der Waals surface area contributed by atoms with E-state index in [0.29, 0.717) is 17.8 Å². The van der Waals surface area contributed by atoms with Gasteiger partial charge in [-0.15, -0.1) is 13.2 Å². The Morgan fingerprint density at radius 2 is 1.80 bits per heavy atom. The van der Waals surface area contributed by atoms with Crippen LogP contribution >= 0.6 is 0 Å². The van der Waals surface area contributed by atoms with Crippen LogP contribution in [0, 0.1) is 6.92 Å². The van der Waals surface area contributed by atoms with Crippen molar-refractivity contribution >= 4 is 5.82 Å². The molecule has 35 heavy (non-hydrogen) atoms. The molecule has 0 spiro atoms. The number of ether oxygens (including phenoxy) is 1. The van der Waals surface area contributed by atoms with Crippen molar-refractivity contribution in [1.29, 1.82) is 0 Å². The van der Waals surface area contributed by atoms with E-state index in [-0.39, 0.29) is 17.5 Å². The molecule has 0 atom stereocenters.